The molecule has 3 heteroatoms. The second kappa shape index (κ2) is 4.93. The molecule has 1 aliphatic heterocycles. The Kier molecular flexibility index (Phi) is 3.67. The maximum Gasteiger partial charge on any atom is 0.150 e. The van der Waals surface area contributed by atoms with E-state index in [0.717, 1.165) is 24.8 Å². The molecule has 0 radical (unpaired) electrons. The average molecular weight is 266 g/mol. The van der Waals surface area contributed by atoms with Crippen LogP contribution in [0.5, 0.6) is 0 Å². The fourth-order valence-electron chi connectivity index (χ4n) is 3.09. The summed E-state index contributed by atoms with van der Waals surface area (Å²) in [7, 11) is 0. The first-order valence-electron chi connectivity index (χ1n) is 6.42. The second-order valence-electron chi connectivity index (χ2n) is 5.69. The van der Waals surface area contributed by atoms with Crippen LogP contribution < -0.4 is 4.90 Å². The number of fused-ring (bicyclic) bond motifs is 1. The van der Waals surface area contributed by atoms with Gasteiger partial charge in [-0.25, -0.2) is 0 Å². The molecule has 0 N–H and O–H groups in total. The van der Waals surface area contributed by atoms with Crippen molar-refractivity contribution >= 4 is 23.6 Å². The molecule has 18 heavy (non-hydrogen) atoms. The van der Waals surface area contributed by atoms with Gasteiger partial charge in [0.15, 0.2) is 0 Å². The number of halogens is 1. The standard InChI is InChI=1S/C15H20ClNO/c1-11-9-15(2,3)17(7-6-16)14-5-4-12(10-18)8-13(11)14/h4-5,8,10-11H,6-7,9H2,1-3H3. The van der Waals surface area contributed by atoms with Gasteiger partial charge in [0, 0.05) is 29.2 Å². The third-order valence-corrected chi connectivity index (χ3v) is 4.02. The van der Waals surface area contributed by atoms with Crippen LogP contribution in [0.1, 0.15) is 49.0 Å². The average Bonchev–Trinajstić information content (AvgIpc) is 2.33. The highest BCUT2D eigenvalue weighted by Crippen LogP contribution is 2.43. The van der Waals surface area contributed by atoms with Crippen molar-refractivity contribution < 1.29 is 4.79 Å². The minimum Gasteiger partial charge on any atom is -0.365 e. The normalized spacial score (nSPS) is 21.6. The molecule has 1 unspecified atom stereocenters. The van der Waals surface area contributed by atoms with Gasteiger partial charge in [-0.05, 0) is 49.9 Å². The summed E-state index contributed by atoms with van der Waals surface area (Å²) in [5, 5.41) is 0. The van der Waals surface area contributed by atoms with Crippen molar-refractivity contribution in [3.05, 3.63) is 29.3 Å². The molecule has 0 aliphatic carbocycles. The van der Waals surface area contributed by atoms with Crippen molar-refractivity contribution in [2.75, 3.05) is 17.3 Å². The van der Waals surface area contributed by atoms with Crippen molar-refractivity contribution in [2.24, 2.45) is 0 Å². The number of alkyl halides is 1. The molecule has 1 atom stereocenters. The molecule has 0 saturated heterocycles. The summed E-state index contributed by atoms with van der Waals surface area (Å²) in [5.41, 5.74) is 3.37. The van der Waals surface area contributed by atoms with E-state index in [-0.39, 0.29) is 5.54 Å². The number of benzene rings is 1. The van der Waals surface area contributed by atoms with Crippen LogP contribution in [0.4, 0.5) is 5.69 Å². The summed E-state index contributed by atoms with van der Waals surface area (Å²) in [6, 6.07) is 5.97. The molecule has 1 aliphatic rings. The van der Waals surface area contributed by atoms with E-state index in [1.807, 2.05) is 12.1 Å². The van der Waals surface area contributed by atoms with Crippen molar-refractivity contribution in [2.45, 2.75) is 38.6 Å². The SMILES string of the molecule is CC1CC(C)(C)N(CCCl)c2ccc(C=O)cc21. The number of hydrogen-bond acceptors (Lipinski definition) is 2. The van der Waals surface area contributed by atoms with Crippen molar-refractivity contribution in [1.29, 1.82) is 0 Å². The summed E-state index contributed by atoms with van der Waals surface area (Å²) < 4.78 is 0. The van der Waals surface area contributed by atoms with Gasteiger partial charge in [0.05, 0.1) is 0 Å². The molecule has 1 aromatic rings. The molecule has 0 saturated carbocycles. The third-order valence-electron chi connectivity index (χ3n) is 3.85. The molecule has 2 rings (SSSR count). The first-order chi connectivity index (χ1) is 8.49. The monoisotopic (exact) mass is 265 g/mol. The predicted molar refractivity (Wildman–Crippen MR) is 77.0 cm³/mol. The zero-order valence-electron chi connectivity index (χ0n) is 11.2. The summed E-state index contributed by atoms with van der Waals surface area (Å²) >= 11 is 5.93. The second-order valence-corrected chi connectivity index (χ2v) is 6.07. The Balaban J connectivity index is 2.50. The molecular formula is C15H20ClNO. The van der Waals surface area contributed by atoms with Crippen LogP contribution >= 0.6 is 11.6 Å². The van der Waals surface area contributed by atoms with Gasteiger partial charge in [-0.2, -0.15) is 0 Å². The van der Waals surface area contributed by atoms with Gasteiger partial charge in [0.2, 0.25) is 0 Å². The minimum absolute atomic E-state index is 0.115. The van der Waals surface area contributed by atoms with E-state index in [1.165, 1.54) is 11.3 Å². The highest BCUT2D eigenvalue weighted by molar-refractivity contribution is 6.18. The van der Waals surface area contributed by atoms with Gasteiger partial charge >= 0.3 is 0 Å². The number of nitrogens with zero attached hydrogens (tertiary/aromatic N) is 1. The van der Waals surface area contributed by atoms with Gasteiger partial charge in [-0.1, -0.05) is 6.92 Å². The van der Waals surface area contributed by atoms with Crippen LogP contribution in [0.3, 0.4) is 0 Å². The Morgan fingerprint density at radius 2 is 2.22 bits per heavy atom. The van der Waals surface area contributed by atoms with Gasteiger partial charge in [0.1, 0.15) is 6.29 Å². The molecule has 0 fully saturated rings. The lowest BCUT2D eigenvalue weighted by molar-refractivity contribution is 0.112. The quantitative estimate of drug-likeness (QED) is 0.612. The van der Waals surface area contributed by atoms with E-state index in [4.69, 9.17) is 11.6 Å². The molecule has 0 amide bonds. The van der Waals surface area contributed by atoms with E-state index in [2.05, 4.69) is 31.7 Å². The fraction of sp³-hybridized carbons (Fsp3) is 0.533. The third kappa shape index (κ3) is 2.26. The Morgan fingerprint density at radius 3 is 2.83 bits per heavy atom. The van der Waals surface area contributed by atoms with E-state index in [0.29, 0.717) is 11.8 Å². The van der Waals surface area contributed by atoms with Crippen LogP contribution in [0.15, 0.2) is 18.2 Å². The highest BCUT2D eigenvalue weighted by Gasteiger charge is 2.35. The first kappa shape index (κ1) is 13.4. The largest absolute Gasteiger partial charge is 0.365 e. The van der Waals surface area contributed by atoms with Crippen LogP contribution in [-0.2, 0) is 0 Å². The number of carbonyl (C=O) groups excluding carboxylic acids is 1. The topological polar surface area (TPSA) is 20.3 Å². The number of rotatable bonds is 3. The lowest BCUT2D eigenvalue weighted by Crippen LogP contribution is -2.49. The first-order valence-corrected chi connectivity index (χ1v) is 6.96. The van der Waals surface area contributed by atoms with E-state index in [1.54, 1.807) is 0 Å². The van der Waals surface area contributed by atoms with Crippen molar-refractivity contribution in [1.82, 2.24) is 0 Å². The van der Waals surface area contributed by atoms with Crippen LogP contribution in [0, 0.1) is 0 Å². The molecular weight excluding hydrogens is 246 g/mol. The van der Waals surface area contributed by atoms with Gasteiger partial charge < -0.3 is 4.90 Å². The summed E-state index contributed by atoms with van der Waals surface area (Å²) in [4.78, 5) is 13.3. The van der Waals surface area contributed by atoms with E-state index in [9.17, 15) is 4.79 Å². The number of aldehydes is 1. The number of hydrogen-bond donors (Lipinski definition) is 0. The number of carbonyl (C=O) groups is 1. The number of anilines is 1. The predicted octanol–water partition coefficient (Wildman–Crippen LogP) is 3.83. The summed E-state index contributed by atoms with van der Waals surface area (Å²) in [6.45, 7) is 7.58. The Hall–Kier alpha value is -1.02. The Labute approximate surface area is 114 Å². The van der Waals surface area contributed by atoms with Gasteiger partial charge in [0.25, 0.3) is 0 Å². The molecule has 0 bridgehead atoms. The highest BCUT2D eigenvalue weighted by atomic mass is 35.5. The molecule has 0 spiro atoms. The lowest BCUT2D eigenvalue weighted by atomic mass is 9.79. The zero-order chi connectivity index (χ0) is 13.3. The van der Waals surface area contributed by atoms with E-state index < -0.39 is 0 Å². The van der Waals surface area contributed by atoms with Gasteiger partial charge in [-0.15, -0.1) is 11.6 Å². The molecule has 2 nitrogen and oxygen atoms in total. The lowest BCUT2D eigenvalue weighted by Gasteiger charge is -2.47. The Bertz CT molecular complexity index is 456. The minimum atomic E-state index is 0.115. The van der Waals surface area contributed by atoms with Crippen molar-refractivity contribution in [3.8, 4) is 0 Å². The zero-order valence-corrected chi connectivity index (χ0v) is 12.0. The fourth-order valence-corrected chi connectivity index (χ4v) is 3.26. The maximum atomic E-state index is 10.9. The molecule has 1 heterocycles. The van der Waals surface area contributed by atoms with Crippen LogP contribution in [-0.4, -0.2) is 24.2 Å². The smallest absolute Gasteiger partial charge is 0.150 e. The molecule has 98 valence electrons. The Morgan fingerprint density at radius 1 is 1.50 bits per heavy atom. The summed E-state index contributed by atoms with van der Waals surface area (Å²) in [6.07, 6.45) is 2.00. The molecule has 0 aromatic heterocycles. The summed E-state index contributed by atoms with van der Waals surface area (Å²) in [5.74, 6) is 1.09. The maximum absolute atomic E-state index is 10.9. The van der Waals surface area contributed by atoms with Crippen molar-refractivity contribution in [3.63, 3.8) is 0 Å². The van der Waals surface area contributed by atoms with Gasteiger partial charge in [-0.3, -0.25) is 4.79 Å². The van der Waals surface area contributed by atoms with Crippen LogP contribution in [0.2, 0.25) is 0 Å². The van der Waals surface area contributed by atoms with Crippen LogP contribution in [0.25, 0.3) is 0 Å². The molecule has 1 aromatic carbocycles. The van der Waals surface area contributed by atoms with E-state index >= 15 is 0 Å².